The van der Waals surface area contributed by atoms with E-state index in [0.29, 0.717) is 5.56 Å². The Morgan fingerprint density at radius 1 is 0.667 bits per heavy atom. The highest BCUT2D eigenvalue weighted by molar-refractivity contribution is 7.00. The number of hydrogen-bond acceptors (Lipinski definition) is 4. The van der Waals surface area contributed by atoms with Gasteiger partial charge in [-0.1, -0.05) is 24.3 Å². The highest BCUT2D eigenvalue weighted by Crippen LogP contribution is 2.44. The first-order chi connectivity index (χ1) is 14.8. The third kappa shape index (κ3) is 1.86. The van der Waals surface area contributed by atoms with Crippen LogP contribution in [0.5, 0.6) is 23.0 Å². The van der Waals surface area contributed by atoms with Crippen molar-refractivity contribution in [1.29, 1.82) is 5.26 Å². The predicted octanol–water partition coefficient (Wildman–Crippen LogP) is 4.07. The van der Waals surface area contributed by atoms with Gasteiger partial charge in [0.1, 0.15) is 23.0 Å². The highest BCUT2D eigenvalue weighted by atomic mass is 16.5. The van der Waals surface area contributed by atoms with Crippen molar-refractivity contribution in [3.05, 3.63) is 84.4 Å². The molecule has 0 unspecified atom stereocenters. The third-order valence-corrected chi connectivity index (χ3v) is 6.13. The van der Waals surface area contributed by atoms with Gasteiger partial charge in [-0.15, -0.1) is 0 Å². The van der Waals surface area contributed by atoms with Gasteiger partial charge in [0.25, 0.3) is 6.71 Å². The summed E-state index contributed by atoms with van der Waals surface area (Å²) in [4.78, 5) is 2.21. The van der Waals surface area contributed by atoms with Crippen molar-refractivity contribution < 1.29 is 9.47 Å². The van der Waals surface area contributed by atoms with E-state index in [9.17, 15) is 5.26 Å². The minimum Gasteiger partial charge on any atom is -0.458 e. The maximum atomic E-state index is 9.44. The number of hydrogen-bond donors (Lipinski definition) is 0. The van der Waals surface area contributed by atoms with Crippen molar-refractivity contribution in [2.45, 2.75) is 0 Å². The standard InChI is InChI=1S/C25H13BN2O2/c27-14-15-5-1-6-16(13-15)28-17-7-2-9-19-23(17)26-24-18(28)8-3-10-20(24)30-22-12-4-11-21(29-19)25(22)26/h1-13H. The second kappa shape index (κ2) is 5.46. The Kier molecular flexibility index (Phi) is 2.86. The molecule has 0 amide bonds. The Balaban J connectivity index is 1.60. The predicted molar refractivity (Wildman–Crippen MR) is 117 cm³/mol. The Morgan fingerprint density at radius 3 is 1.80 bits per heavy atom. The van der Waals surface area contributed by atoms with E-state index in [0.717, 1.165) is 56.4 Å². The number of benzene rings is 4. The SMILES string of the molecule is N#Cc1cccc(N2c3cccc4c3B3c5c(cccc5Oc5cccc2c53)O4)c1. The molecule has 7 rings (SSSR count). The molecule has 4 nitrogen and oxygen atoms in total. The molecule has 30 heavy (non-hydrogen) atoms. The monoisotopic (exact) mass is 384 g/mol. The summed E-state index contributed by atoms with van der Waals surface area (Å²) in [6.07, 6.45) is 0. The maximum absolute atomic E-state index is 9.44. The highest BCUT2D eigenvalue weighted by Gasteiger charge is 2.47. The van der Waals surface area contributed by atoms with Crippen molar-refractivity contribution in [2.24, 2.45) is 0 Å². The van der Waals surface area contributed by atoms with E-state index in [4.69, 9.17) is 9.47 Å². The van der Waals surface area contributed by atoms with E-state index >= 15 is 0 Å². The summed E-state index contributed by atoms with van der Waals surface area (Å²) in [5.74, 6) is 3.43. The molecule has 3 aliphatic rings. The number of rotatable bonds is 1. The normalized spacial score (nSPS) is 13.7. The van der Waals surface area contributed by atoms with Gasteiger partial charge in [-0.2, -0.15) is 5.26 Å². The van der Waals surface area contributed by atoms with Crippen LogP contribution in [-0.2, 0) is 0 Å². The van der Waals surface area contributed by atoms with Crippen LogP contribution in [0.1, 0.15) is 5.56 Å². The quantitative estimate of drug-likeness (QED) is 0.401. The summed E-state index contributed by atoms with van der Waals surface area (Å²) in [6.45, 7) is 0.0616. The van der Waals surface area contributed by atoms with Crippen LogP contribution in [0.25, 0.3) is 0 Å². The van der Waals surface area contributed by atoms with Crippen molar-refractivity contribution in [3.63, 3.8) is 0 Å². The molecule has 0 fully saturated rings. The van der Waals surface area contributed by atoms with Gasteiger partial charge in [-0.05, 0) is 65.5 Å². The number of anilines is 3. The van der Waals surface area contributed by atoms with E-state index < -0.39 is 0 Å². The molecule has 0 N–H and O–H groups in total. The van der Waals surface area contributed by atoms with Crippen molar-refractivity contribution in [2.75, 3.05) is 4.90 Å². The maximum Gasteiger partial charge on any atom is 0.266 e. The van der Waals surface area contributed by atoms with Gasteiger partial charge in [0, 0.05) is 22.5 Å². The van der Waals surface area contributed by atoms with E-state index in [2.05, 4.69) is 23.1 Å². The molecule has 0 aromatic heterocycles. The Bertz CT molecular complexity index is 1360. The van der Waals surface area contributed by atoms with Gasteiger partial charge >= 0.3 is 0 Å². The summed E-state index contributed by atoms with van der Waals surface area (Å²) in [7, 11) is 0. The van der Waals surface area contributed by atoms with Crippen LogP contribution in [0, 0.1) is 11.3 Å². The Labute approximate surface area is 173 Å². The van der Waals surface area contributed by atoms with Crippen molar-refractivity contribution >= 4 is 40.2 Å². The largest absolute Gasteiger partial charge is 0.458 e. The fourth-order valence-corrected chi connectivity index (χ4v) is 4.99. The fraction of sp³-hybridized carbons (Fsp3) is 0. The molecule has 0 aliphatic carbocycles. The molecule has 138 valence electrons. The van der Waals surface area contributed by atoms with Gasteiger partial charge in [0.15, 0.2) is 0 Å². The first-order valence-corrected chi connectivity index (χ1v) is 9.88. The minimum atomic E-state index is 0.0616. The molecule has 4 aromatic carbocycles. The molecule has 0 saturated carbocycles. The van der Waals surface area contributed by atoms with Crippen LogP contribution in [-0.4, -0.2) is 6.71 Å². The molecule has 3 aliphatic heterocycles. The summed E-state index contributed by atoms with van der Waals surface area (Å²) in [6, 6.07) is 28.3. The van der Waals surface area contributed by atoms with Crippen LogP contribution >= 0.6 is 0 Å². The van der Waals surface area contributed by atoms with Crippen LogP contribution in [0.4, 0.5) is 17.1 Å². The van der Waals surface area contributed by atoms with E-state index in [1.807, 2.05) is 66.7 Å². The summed E-state index contributed by atoms with van der Waals surface area (Å²) < 4.78 is 12.6. The lowest BCUT2D eigenvalue weighted by Gasteiger charge is -2.42. The molecule has 0 bridgehead atoms. The first kappa shape index (κ1) is 15.7. The number of nitrogens with zero attached hydrogens (tertiary/aromatic N) is 2. The number of ether oxygens (including phenoxy) is 2. The third-order valence-electron chi connectivity index (χ3n) is 6.13. The molecule has 3 heterocycles. The Morgan fingerprint density at radius 2 is 1.20 bits per heavy atom. The van der Waals surface area contributed by atoms with Crippen molar-refractivity contribution in [3.8, 4) is 29.1 Å². The lowest BCUT2D eigenvalue weighted by Crippen LogP contribution is -2.61. The van der Waals surface area contributed by atoms with E-state index in [1.165, 1.54) is 0 Å². The number of nitriles is 1. The lowest BCUT2D eigenvalue weighted by molar-refractivity contribution is 0.464. The molecule has 5 heteroatoms. The van der Waals surface area contributed by atoms with Crippen LogP contribution in [0.2, 0.25) is 0 Å². The van der Waals surface area contributed by atoms with Crippen LogP contribution in [0.3, 0.4) is 0 Å². The Hall–Kier alpha value is -4.17. The first-order valence-electron chi connectivity index (χ1n) is 9.88. The van der Waals surface area contributed by atoms with Gasteiger partial charge in [0.2, 0.25) is 0 Å². The minimum absolute atomic E-state index is 0.0616. The van der Waals surface area contributed by atoms with Gasteiger partial charge < -0.3 is 14.4 Å². The zero-order valence-electron chi connectivity index (χ0n) is 15.8. The molecule has 0 radical (unpaired) electrons. The van der Waals surface area contributed by atoms with E-state index in [-0.39, 0.29) is 6.71 Å². The smallest absolute Gasteiger partial charge is 0.266 e. The second-order valence-corrected chi connectivity index (χ2v) is 7.68. The second-order valence-electron chi connectivity index (χ2n) is 7.68. The van der Waals surface area contributed by atoms with Gasteiger partial charge in [0.05, 0.1) is 11.6 Å². The lowest BCUT2D eigenvalue weighted by atomic mass is 9.33. The fourth-order valence-electron chi connectivity index (χ4n) is 4.99. The van der Waals surface area contributed by atoms with Crippen molar-refractivity contribution in [1.82, 2.24) is 0 Å². The topological polar surface area (TPSA) is 45.5 Å². The molecular formula is C25H13BN2O2. The molecule has 0 spiro atoms. The summed E-state index contributed by atoms with van der Waals surface area (Å²) in [5.41, 5.74) is 7.08. The van der Waals surface area contributed by atoms with Gasteiger partial charge in [-0.25, -0.2) is 0 Å². The van der Waals surface area contributed by atoms with Crippen LogP contribution < -0.4 is 30.8 Å². The van der Waals surface area contributed by atoms with E-state index in [1.54, 1.807) is 0 Å². The van der Waals surface area contributed by atoms with Crippen LogP contribution in [0.15, 0.2) is 78.9 Å². The zero-order valence-corrected chi connectivity index (χ0v) is 15.8. The average Bonchev–Trinajstić information content (AvgIpc) is 2.79. The summed E-state index contributed by atoms with van der Waals surface area (Å²) in [5, 5.41) is 9.44. The van der Waals surface area contributed by atoms with Gasteiger partial charge in [-0.3, -0.25) is 0 Å². The molecule has 4 aromatic rings. The molecular weight excluding hydrogens is 371 g/mol. The molecule has 0 atom stereocenters. The molecule has 0 saturated heterocycles. The average molecular weight is 384 g/mol. The zero-order chi connectivity index (χ0) is 19.8. The summed E-state index contributed by atoms with van der Waals surface area (Å²) >= 11 is 0.